The van der Waals surface area contributed by atoms with Gasteiger partial charge >= 0.3 is 0 Å². The minimum atomic E-state index is -0.615. The number of nitriles is 1. The summed E-state index contributed by atoms with van der Waals surface area (Å²) in [6.07, 6.45) is 1.92. The van der Waals surface area contributed by atoms with Gasteiger partial charge in [0.2, 0.25) is 0 Å². The van der Waals surface area contributed by atoms with Gasteiger partial charge < -0.3 is 10.2 Å². The first-order valence-electron chi connectivity index (χ1n) is 10.5. The molecule has 0 spiro atoms. The maximum absolute atomic E-state index is 15.9. The fourth-order valence-electron chi connectivity index (χ4n) is 4.35. The summed E-state index contributed by atoms with van der Waals surface area (Å²) in [6, 6.07) is 10.3. The summed E-state index contributed by atoms with van der Waals surface area (Å²) in [5.74, 6) is -0.188. The lowest BCUT2D eigenvalue weighted by atomic mass is 10.0. The molecule has 6 nitrogen and oxygen atoms in total. The van der Waals surface area contributed by atoms with Crippen LogP contribution in [0.15, 0.2) is 36.5 Å². The van der Waals surface area contributed by atoms with Gasteiger partial charge in [0.25, 0.3) is 0 Å². The van der Waals surface area contributed by atoms with Gasteiger partial charge in [0.05, 0.1) is 22.9 Å². The molecule has 0 aliphatic carbocycles. The molecular weight excluding hydrogens is 446 g/mol. The van der Waals surface area contributed by atoms with Crippen molar-refractivity contribution in [1.82, 2.24) is 20.3 Å². The van der Waals surface area contributed by atoms with Gasteiger partial charge in [0.15, 0.2) is 5.82 Å². The van der Waals surface area contributed by atoms with Gasteiger partial charge in [0.1, 0.15) is 28.7 Å². The van der Waals surface area contributed by atoms with Crippen LogP contribution in [0.2, 0.25) is 5.02 Å². The maximum atomic E-state index is 15.9. The van der Waals surface area contributed by atoms with Crippen molar-refractivity contribution in [3.05, 3.63) is 59.0 Å². The summed E-state index contributed by atoms with van der Waals surface area (Å²) in [5, 5.41) is 13.9. The minimum absolute atomic E-state index is 0.00104. The van der Waals surface area contributed by atoms with Crippen LogP contribution in [-0.4, -0.2) is 40.6 Å². The number of benzene rings is 2. The summed E-state index contributed by atoms with van der Waals surface area (Å²) in [4.78, 5) is 15.4. The zero-order valence-corrected chi connectivity index (χ0v) is 18.5. The van der Waals surface area contributed by atoms with Crippen molar-refractivity contribution in [1.29, 1.82) is 5.26 Å². The van der Waals surface area contributed by atoms with Gasteiger partial charge in [-0.15, -0.1) is 0 Å². The molecule has 0 bridgehead atoms. The van der Waals surface area contributed by atoms with Gasteiger partial charge in [0, 0.05) is 42.8 Å². The van der Waals surface area contributed by atoms with Gasteiger partial charge in [-0.2, -0.15) is 5.26 Å². The molecular formula is C24H19ClF2N6. The first kappa shape index (κ1) is 21.4. The Balaban J connectivity index is 1.68. The Hall–Kier alpha value is -3.41. The number of piperazine rings is 1. The van der Waals surface area contributed by atoms with Gasteiger partial charge in [-0.3, -0.25) is 4.98 Å². The van der Waals surface area contributed by atoms with Crippen molar-refractivity contribution in [2.45, 2.75) is 19.4 Å². The summed E-state index contributed by atoms with van der Waals surface area (Å²) in [5.41, 5.74) is 0.584. The molecule has 1 unspecified atom stereocenters. The molecule has 1 aliphatic heterocycles. The highest BCUT2D eigenvalue weighted by Gasteiger charge is 2.25. The zero-order chi connectivity index (χ0) is 23.1. The molecule has 33 heavy (non-hydrogen) atoms. The molecule has 166 valence electrons. The smallest absolute Gasteiger partial charge is 0.175 e. The topological polar surface area (TPSA) is 77.7 Å². The van der Waals surface area contributed by atoms with Crippen LogP contribution < -0.4 is 10.2 Å². The number of rotatable bonds is 3. The lowest BCUT2D eigenvalue weighted by Gasteiger charge is -2.34. The van der Waals surface area contributed by atoms with Crippen LogP contribution in [0.4, 0.5) is 14.6 Å². The van der Waals surface area contributed by atoms with E-state index in [4.69, 9.17) is 16.9 Å². The number of aryl methyl sites for hydroxylation is 1. The minimum Gasteiger partial charge on any atom is -0.353 e. The molecule has 2 aromatic heterocycles. The molecule has 2 aromatic carbocycles. The Bertz CT molecular complexity index is 1430. The monoisotopic (exact) mass is 464 g/mol. The first-order chi connectivity index (χ1) is 16.0. The van der Waals surface area contributed by atoms with Crippen molar-refractivity contribution >= 4 is 39.1 Å². The van der Waals surface area contributed by atoms with Crippen molar-refractivity contribution < 1.29 is 8.78 Å². The fourth-order valence-corrected chi connectivity index (χ4v) is 4.62. The SMILES string of the molecule is Cc1nc(N2CCNC(CC#N)C2)c2cnc(-c3cccc4ccc(F)c(Cl)c34)c(F)c2n1. The Morgan fingerprint density at radius 1 is 1.24 bits per heavy atom. The summed E-state index contributed by atoms with van der Waals surface area (Å²) in [6.45, 7) is 3.63. The lowest BCUT2D eigenvalue weighted by molar-refractivity contribution is 0.461. The first-order valence-corrected chi connectivity index (χ1v) is 10.9. The maximum Gasteiger partial charge on any atom is 0.175 e. The Labute approximate surface area is 193 Å². The highest BCUT2D eigenvalue weighted by Crippen LogP contribution is 2.37. The van der Waals surface area contributed by atoms with E-state index in [0.29, 0.717) is 59.4 Å². The second-order valence-corrected chi connectivity index (χ2v) is 8.38. The van der Waals surface area contributed by atoms with E-state index >= 15 is 4.39 Å². The molecule has 0 radical (unpaired) electrons. The summed E-state index contributed by atoms with van der Waals surface area (Å²) < 4.78 is 30.1. The zero-order valence-electron chi connectivity index (χ0n) is 17.7. The van der Waals surface area contributed by atoms with Crippen LogP contribution in [0.5, 0.6) is 0 Å². The van der Waals surface area contributed by atoms with Crippen LogP contribution in [0, 0.1) is 29.9 Å². The second kappa shape index (κ2) is 8.50. The molecule has 1 N–H and O–H groups in total. The largest absolute Gasteiger partial charge is 0.353 e. The third kappa shape index (κ3) is 3.73. The fraction of sp³-hybridized carbons (Fsp3) is 0.250. The number of halogens is 3. The Morgan fingerprint density at radius 3 is 2.91 bits per heavy atom. The normalized spacial score (nSPS) is 16.3. The van der Waals surface area contributed by atoms with E-state index in [0.717, 1.165) is 0 Å². The average Bonchev–Trinajstić information content (AvgIpc) is 2.82. The van der Waals surface area contributed by atoms with Crippen molar-refractivity contribution in [2.24, 2.45) is 0 Å². The molecule has 1 fully saturated rings. The van der Waals surface area contributed by atoms with Crippen LogP contribution >= 0.6 is 11.6 Å². The van der Waals surface area contributed by atoms with E-state index in [1.165, 1.54) is 6.07 Å². The number of nitrogens with zero attached hydrogens (tertiary/aromatic N) is 5. The molecule has 1 aliphatic rings. The molecule has 1 saturated heterocycles. The predicted molar refractivity (Wildman–Crippen MR) is 124 cm³/mol. The molecule has 3 heterocycles. The van der Waals surface area contributed by atoms with Crippen molar-refractivity contribution in [3.63, 3.8) is 0 Å². The third-order valence-corrected chi connectivity index (χ3v) is 6.23. The van der Waals surface area contributed by atoms with E-state index in [1.54, 1.807) is 37.4 Å². The number of hydrogen-bond donors (Lipinski definition) is 1. The quantitative estimate of drug-likeness (QED) is 0.470. The predicted octanol–water partition coefficient (Wildman–Crippen LogP) is 4.78. The average molecular weight is 465 g/mol. The Kier molecular flexibility index (Phi) is 5.52. The molecule has 0 amide bonds. The third-order valence-electron chi connectivity index (χ3n) is 5.86. The lowest BCUT2D eigenvalue weighted by Crippen LogP contribution is -2.51. The van der Waals surface area contributed by atoms with Gasteiger partial charge in [-0.1, -0.05) is 35.9 Å². The van der Waals surface area contributed by atoms with E-state index in [9.17, 15) is 4.39 Å². The molecule has 0 saturated carbocycles. The molecule has 4 aromatic rings. The van der Waals surface area contributed by atoms with Crippen LogP contribution in [0.3, 0.4) is 0 Å². The highest BCUT2D eigenvalue weighted by atomic mass is 35.5. The van der Waals surface area contributed by atoms with Gasteiger partial charge in [-0.05, 0) is 18.4 Å². The number of anilines is 1. The number of aromatic nitrogens is 3. The van der Waals surface area contributed by atoms with E-state index in [-0.39, 0.29) is 22.3 Å². The Morgan fingerprint density at radius 2 is 2.09 bits per heavy atom. The van der Waals surface area contributed by atoms with E-state index in [1.807, 2.05) is 4.90 Å². The van der Waals surface area contributed by atoms with Crippen molar-refractivity contribution in [2.75, 3.05) is 24.5 Å². The van der Waals surface area contributed by atoms with Crippen molar-refractivity contribution in [3.8, 4) is 17.3 Å². The standard InChI is InChI=1S/C24H19ClF2N6/c1-13-31-23-17(24(32-13)33-10-9-29-15(12-33)7-8-28)11-30-22(21(23)27)16-4-2-3-14-5-6-18(26)20(25)19(14)16/h2-6,11,15,29H,7,9-10,12H2,1H3. The molecule has 1 atom stereocenters. The number of pyridine rings is 1. The van der Waals surface area contributed by atoms with E-state index in [2.05, 4.69) is 26.3 Å². The summed E-state index contributed by atoms with van der Waals surface area (Å²) in [7, 11) is 0. The number of fused-ring (bicyclic) bond motifs is 2. The summed E-state index contributed by atoms with van der Waals surface area (Å²) >= 11 is 6.26. The second-order valence-electron chi connectivity index (χ2n) is 8.00. The number of hydrogen-bond acceptors (Lipinski definition) is 6. The van der Waals surface area contributed by atoms with Gasteiger partial charge in [-0.25, -0.2) is 18.7 Å². The highest BCUT2D eigenvalue weighted by molar-refractivity contribution is 6.36. The van der Waals surface area contributed by atoms with Crippen LogP contribution in [0.1, 0.15) is 12.2 Å². The van der Waals surface area contributed by atoms with Crippen LogP contribution in [-0.2, 0) is 0 Å². The number of nitrogens with one attached hydrogen (secondary N) is 1. The van der Waals surface area contributed by atoms with E-state index < -0.39 is 11.6 Å². The molecule has 9 heteroatoms. The van der Waals surface area contributed by atoms with Crippen LogP contribution in [0.25, 0.3) is 32.9 Å². The molecule has 5 rings (SSSR count).